The fourth-order valence-electron chi connectivity index (χ4n) is 2.67. The Morgan fingerprint density at radius 1 is 0.958 bits per heavy atom. The van der Waals surface area contributed by atoms with Crippen molar-refractivity contribution in [3.8, 4) is 21.8 Å². The van der Waals surface area contributed by atoms with Crippen LogP contribution in [0.3, 0.4) is 0 Å². The van der Waals surface area contributed by atoms with Crippen LogP contribution in [0.2, 0.25) is 0 Å². The summed E-state index contributed by atoms with van der Waals surface area (Å²) in [6.45, 7) is 1.58. The molecule has 2 heterocycles. The number of benzene rings is 2. The molecule has 0 atom stereocenters. The summed E-state index contributed by atoms with van der Waals surface area (Å²) in [4.78, 5) is 21.0. The monoisotopic (exact) mass is 330 g/mol. The lowest BCUT2D eigenvalue weighted by Gasteiger charge is -2.08. The van der Waals surface area contributed by atoms with Gasteiger partial charge >= 0.3 is 0 Å². The van der Waals surface area contributed by atoms with Crippen molar-refractivity contribution in [1.29, 1.82) is 0 Å². The van der Waals surface area contributed by atoms with Gasteiger partial charge in [0.15, 0.2) is 5.78 Å². The molecule has 3 nitrogen and oxygen atoms in total. The first kappa shape index (κ1) is 14.7. The number of carbonyl (C=O) groups is 1. The average molecular weight is 330 g/mol. The summed E-state index contributed by atoms with van der Waals surface area (Å²) in [6.07, 6.45) is 1.77. The second kappa shape index (κ2) is 5.98. The van der Waals surface area contributed by atoms with Gasteiger partial charge in [-0.3, -0.25) is 9.78 Å². The molecule has 0 saturated carbocycles. The minimum absolute atomic E-state index is 0.0462. The SMILES string of the molecule is CC(=O)c1ccc(-c2ccccn2)c(-c2nc3ccccc3s2)c1. The lowest BCUT2D eigenvalue weighted by Crippen LogP contribution is -1.95. The van der Waals surface area contributed by atoms with Crippen LogP contribution in [-0.2, 0) is 0 Å². The topological polar surface area (TPSA) is 42.9 Å². The summed E-state index contributed by atoms with van der Waals surface area (Å²) in [7, 11) is 0. The number of ketones is 1. The van der Waals surface area contributed by atoms with Crippen molar-refractivity contribution in [2.45, 2.75) is 6.92 Å². The highest BCUT2D eigenvalue weighted by Crippen LogP contribution is 2.36. The van der Waals surface area contributed by atoms with Crippen LogP contribution in [0.15, 0.2) is 66.9 Å². The van der Waals surface area contributed by atoms with E-state index in [1.807, 2.05) is 54.6 Å². The Morgan fingerprint density at radius 2 is 1.79 bits per heavy atom. The number of aromatic nitrogens is 2. The van der Waals surface area contributed by atoms with E-state index in [2.05, 4.69) is 11.1 Å². The van der Waals surface area contributed by atoms with Crippen LogP contribution in [0.4, 0.5) is 0 Å². The lowest BCUT2D eigenvalue weighted by atomic mass is 9.99. The molecule has 0 N–H and O–H groups in total. The summed E-state index contributed by atoms with van der Waals surface area (Å²) >= 11 is 1.63. The fraction of sp³-hybridized carbons (Fsp3) is 0.0500. The first-order chi connectivity index (χ1) is 11.7. The minimum atomic E-state index is 0.0462. The van der Waals surface area contributed by atoms with Gasteiger partial charge in [0, 0.05) is 22.9 Å². The molecule has 0 spiro atoms. The van der Waals surface area contributed by atoms with Crippen molar-refractivity contribution in [2.75, 3.05) is 0 Å². The molecular formula is C20H14N2OS. The molecule has 0 amide bonds. The number of carbonyl (C=O) groups excluding carboxylic acids is 1. The van der Waals surface area contributed by atoms with Gasteiger partial charge in [-0.15, -0.1) is 11.3 Å². The van der Waals surface area contributed by atoms with E-state index >= 15 is 0 Å². The molecule has 116 valence electrons. The summed E-state index contributed by atoms with van der Waals surface area (Å²) in [6, 6.07) is 19.6. The second-order valence-electron chi connectivity index (χ2n) is 5.52. The van der Waals surface area contributed by atoms with E-state index in [1.165, 1.54) is 0 Å². The second-order valence-corrected chi connectivity index (χ2v) is 6.55. The van der Waals surface area contributed by atoms with Crippen LogP contribution in [0.5, 0.6) is 0 Å². The number of Topliss-reactive ketones (excluding diaryl/α,β-unsaturated/α-hetero) is 1. The molecule has 24 heavy (non-hydrogen) atoms. The standard InChI is InChI=1S/C20H14N2OS/c1-13(23)14-9-10-15(17-6-4-5-11-21-17)16(12-14)20-22-18-7-2-3-8-19(18)24-20/h2-12H,1H3. The normalized spacial score (nSPS) is 10.9. The van der Waals surface area contributed by atoms with Crippen molar-refractivity contribution in [2.24, 2.45) is 0 Å². The highest BCUT2D eigenvalue weighted by molar-refractivity contribution is 7.21. The van der Waals surface area contributed by atoms with Gasteiger partial charge in [-0.1, -0.05) is 30.3 Å². The van der Waals surface area contributed by atoms with Gasteiger partial charge in [0.25, 0.3) is 0 Å². The summed E-state index contributed by atoms with van der Waals surface area (Å²) < 4.78 is 1.13. The summed E-state index contributed by atoms with van der Waals surface area (Å²) in [5.74, 6) is 0.0462. The maximum atomic E-state index is 11.8. The predicted octanol–water partition coefficient (Wildman–Crippen LogP) is 5.23. The Kier molecular flexibility index (Phi) is 3.67. The molecule has 0 aliphatic heterocycles. The summed E-state index contributed by atoms with van der Waals surface area (Å²) in [5, 5.41) is 0.903. The van der Waals surface area contributed by atoms with Crippen molar-refractivity contribution in [1.82, 2.24) is 9.97 Å². The third kappa shape index (κ3) is 2.61. The molecular weight excluding hydrogens is 316 g/mol. The number of nitrogens with zero attached hydrogens (tertiary/aromatic N) is 2. The largest absolute Gasteiger partial charge is 0.295 e. The molecule has 4 heteroatoms. The highest BCUT2D eigenvalue weighted by atomic mass is 32.1. The van der Waals surface area contributed by atoms with Crippen LogP contribution in [0.25, 0.3) is 32.0 Å². The van der Waals surface area contributed by atoms with Crippen LogP contribution >= 0.6 is 11.3 Å². The third-order valence-corrected chi connectivity index (χ3v) is 4.96. The maximum Gasteiger partial charge on any atom is 0.159 e. The Bertz CT molecular complexity index is 1000. The first-order valence-corrected chi connectivity index (χ1v) is 8.46. The molecule has 0 radical (unpaired) electrons. The minimum Gasteiger partial charge on any atom is -0.295 e. The Balaban J connectivity index is 1.97. The van der Waals surface area contributed by atoms with Gasteiger partial charge in [-0.2, -0.15) is 0 Å². The number of rotatable bonds is 3. The zero-order chi connectivity index (χ0) is 16.5. The molecule has 0 unspecified atom stereocenters. The van der Waals surface area contributed by atoms with Gasteiger partial charge in [-0.05, 0) is 37.3 Å². The van der Waals surface area contributed by atoms with Gasteiger partial charge < -0.3 is 0 Å². The average Bonchev–Trinajstić information content (AvgIpc) is 3.06. The van der Waals surface area contributed by atoms with Crippen molar-refractivity contribution in [3.63, 3.8) is 0 Å². The van der Waals surface area contributed by atoms with E-state index in [1.54, 1.807) is 24.5 Å². The lowest BCUT2D eigenvalue weighted by molar-refractivity contribution is 0.101. The van der Waals surface area contributed by atoms with Crippen LogP contribution < -0.4 is 0 Å². The van der Waals surface area contributed by atoms with E-state index in [9.17, 15) is 4.79 Å². The number of hydrogen-bond donors (Lipinski definition) is 0. The number of thiazole rings is 1. The fourth-order valence-corrected chi connectivity index (χ4v) is 3.67. The number of fused-ring (bicyclic) bond motifs is 1. The highest BCUT2D eigenvalue weighted by Gasteiger charge is 2.14. The number of pyridine rings is 1. The van der Waals surface area contributed by atoms with Gasteiger partial charge in [0.05, 0.1) is 15.9 Å². The van der Waals surface area contributed by atoms with Crippen LogP contribution in [0.1, 0.15) is 17.3 Å². The molecule has 2 aromatic heterocycles. The van der Waals surface area contributed by atoms with Crippen LogP contribution in [-0.4, -0.2) is 15.8 Å². The molecule has 0 fully saturated rings. The summed E-state index contributed by atoms with van der Waals surface area (Å²) in [5.41, 5.74) is 4.46. The molecule has 4 aromatic rings. The van der Waals surface area contributed by atoms with E-state index in [0.29, 0.717) is 5.56 Å². The molecule has 2 aromatic carbocycles. The Hall–Kier alpha value is -2.85. The van der Waals surface area contributed by atoms with E-state index in [4.69, 9.17) is 4.98 Å². The zero-order valence-corrected chi connectivity index (χ0v) is 13.9. The zero-order valence-electron chi connectivity index (χ0n) is 13.1. The molecule has 0 aliphatic rings. The maximum absolute atomic E-state index is 11.8. The van der Waals surface area contributed by atoms with E-state index < -0.39 is 0 Å². The molecule has 0 bridgehead atoms. The van der Waals surface area contributed by atoms with Gasteiger partial charge in [-0.25, -0.2) is 4.98 Å². The molecule has 4 rings (SSSR count). The third-order valence-electron chi connectivity index (χ3n) is 3.89. The number of para-hydroxylation sites is 1. The Labute approximate surface area is 143 Å². The smallest absolute Gasteiger partial charge is 0.159 e. The van der Waals surface area contributed by atoms with Crippen molar-refractivity contribution < 1.29 is 4.79 Å². The Morgan fingerprint density at radius 3 is 2.54 bits per heavy atom. The number of hydrogen-bond acceptors (Lipinski definition) is 4. The molecule has 0 aliphatic carbocycles. The van der Waals surface area contributed by atoms with Crippen molar-refractivity contribution >= 4 is 27.3 Å². The predicted molar refractivity (Wildman–Crippen MR) is 98.3 cm³/mol. The van der Waals surface area contributed by atoms with Crippen LogP contribution in [0, 0.1) is 0 Å². The van der Waals surface area contributed by atoms with Gasteiger partial charge in [0.2, 0.25) is 0 Å². The van der Waals surface area contributed by atoms with Crippen molar-refractivity contribution in [3.05, 3.63) is 72.4 Å². The quantitative estimate of drug-likeness (QED) is 0.483. The van der Waals surface area contributed by atoms with Gasteiger partial charge in [0.1, 0.15) is 5.01 Å². The van der Waals surface area contributed by atoms with E-state index in [0.717, 1.165) is 32.0 Å². The molecule has 0 saturated heterocycles. The first-order valence-electron chi connectivity index (χ1n) is 7.65. The van der Waals surface area contributed by atoms with E-state index in [-0.39, 0.29) is 5.78 Å².